The van der Waals surface area contributed by atoms with Gasteiger partial charge in [-0.25, -0.2) is 0 Å². The van der Waals surface area contributed by atoms with Crippen LogP contribution >= 0.6 is 0 Å². The number of furan rings is 1. The van der Waals surface area contributed by atoms with Crippen LogP contribution in [0.4, 0.5) is 0 Å². The van der Waals surface area contributed by atoms with Crippen LogP contribution in [0.3, 0.4) is 0 Å². The molecule has 1 atom stereocenters. The van der Waals surface area contributed by atoms with E-state index in [4.69, 9.17) is 4.42 Å². The molecule has 1 rings (SSSR count). The zero-order chi connectivity index (χ0) is 12.0. The topological polar surface area (TPSA) is 33.4 Å². The summed E-state index contributed by atoms with van der Waals surface area (Å²) in [5.74, 6) is 1.87. The van der Waals surface area contributed by atoms with Crippen LogP contribution in [0, 0.1) is 0 Å². The molecular formula is C14H22O2. The normalized spacial score (nSPS) is 12.7. The van der Waals surface area contributed by atoms with Crippen LogP contribution in [0.5, 0.6) is 0 Å². The molecule has 16 heavy (non-hydrogen) atoms. The number of aliphatic hydroxyl groups excluding tert-OH is 1. The smallest absolute Gasteiger partial charge is 0.111 e. The van der Waals surface area contributed by atoms with Crippen molar-refractivity contribution in [3.05, 3.63) is 29.7 Å². The second-order valence-electron chi connectivity index (χ2n) is 4.19. The van der Waals surface area contributed by atoms with Gasteiger partial charge in [-0.2, -0.15) is 0 Å². The van der Waals surface area contributed by atoms with Crippen molar-refractivity contribution in [1.29, 1.82) is 0 Å². The molecule has 1 heterocycles. The Hall–Kier alpha value is -1.02. The molecule has 0 amide bonds. The maximum atomic E-state index is 9.72. The van der Waals surface area contributed by atoms with E-state index in [1.165, 1.54) is 0 Å². The minimum Gasteiger partial charge on any atom is -0.465 e. The second kappa shape index (κ2) is 6.54. The Morgan fingerprint density at radius 1 is 1.44 bits per heavy atom. The van der Waals surface area contributed by atoms with Crippen LogP contribution < -0.4 is 0 Å². The summed E-state index contributed by atoms with van der Waals surface area (Å²) in [5.41, 5.74) is 1.07. The standard InChI is InChI=1S/C14H22O2/c1-4-7-12(15)10-13-9-11(6-3)14(16-13)8-5-2/h6,9,12,15H,3-5,7-8,10H2,1-2H3. The summed E-state index contributed by atoms with van der Waals surface area (Å²) in [5, 5.41) is 9.72. The largest absolute Gasteiger partial charge is 0.465 e. The van der Waals surface area contributed by atoms with Gasteiger partial charge in [-0.1, -0.05) is 32.9 Å². The summed E-state index contributed by atoms with van der Waals surface area (Å²) in [6, 6.07) is 2.00. The van der Waals surface area contributed by atoms with Crippen LogP contribution in [0.2, 0.25) is 0 Å². The summed E-state index contributed by atoms with van der Waals surface area (Å²) in [4.78, 5) is 0. The lowest BCUT2D eigenvalue weighted by Crippen LogP contribution is -2.08. The van der Waals surface area contributed by atoms with E-state index in [-0.39, 0.29) is 6.10 Å². The molecule has 0 aromatic carbocycles. The minimum absolute atomic E-state index is 0.289. The first-order chi connectivity index (χ1) is 7.71. The van der Waals surface area contributed by atoms with Crippen LogP contribution in [-0.4, -0.2) is 11.2 Å². The van der Waals surface area contributed by atoms with Gasteiger partial charge in [-0.05, 0) is 18.9 Å². The summed E-state index contributed by atoms with van der Waals surface area (Å²) in [7, 11) is 0. The lowest BCUT2D eigenvalue weighted by Gasteiger charge is -2.05. The van der Waals surface area contributed by atoms with E-state index in [1.807, 2.05) is 12.1 Å². The number of aryl methyl sites for hydroxylation is 1. The first kappa shape index (κ1) is 13.0. The molecule has 0 saturated carbocycles. The van der Waals surface area contributed by atoms with Gasteiger partial charge < -0.3 is 9.52 Å². The molecule has 0 aliphatic carbocycles. The molecule has 2 nitrogen and oxygen atoms in total. The third-order valence-electron chi connectivity index (χ3n) is 2.65. The zero-order valence-corrected chi connectivity index (χ0v) is 10.3. The molecule has 1 N–H and O–H groups in total. The third kappa shape index (κ3) is 3.53. The van der Waals surface area contributed by atoms with E-state index < -0.39 is 0 Å². The quantitative estimate of drug-likeness (QED) is 0.765. The number of rotatable bonds is 7. The van der Waals surface area contributed by atoms with Gasteiger partial charge in [0, 0.05) is 18.4 Å². The van der Waals surface area contributed by atoms with Crippen molar-refractivity contribution in [2.75, 3.05) is 0 Å². The van der Waals surface area contributed by atoms with Crippen molar-refractivity contribution in [3.8, 4) is 0 Å². The Balaban J connectivity index is 2.70. The van der Waals surface area contributed by atoms with E-state index >= 15 is 0 Å². The molecule has 0 saturated heterocycles. The number of aliphatic hydroxyl groups is 1. The van der Waals surface area contributed by atoms with Crippen molar-refractivity contribution in [2.24, 2.45) is 0 Å². The van der Waals surface area contributed by atoms with E-state index in [0.717, 1.165) is 42.8 Å². The molecule has 0 aliphatic heterocycles. The zero-order valence-electron chi connectivity index (χ0n) is 10.3. The first-order valence-corrected chi connectivity index (χ1v) is 6.13. The van der Waals surface area contributed by atoms with E-state index in [0.29, 0.717) is 6.42 Å². The molecule has 2 heteroatoms. The van der Waals surface area contributed by atoms with E-state index in [1.54, 1.807) is 0 Å². The van der Waals surface area contributed by atoms with Crippen molar-refractivity contribution in [3.63, 3.8) is 0 Å². The molecular weight excluding hydrogens is 200 g/mol. The number of hydrogen-bond donors (Lipinski definition) is 1. The predicted molar refractivity (Wildman–Crippen MR) is 67.4 cm³/mol. The Morgan fingerprint density at radius 2 is 2.19 bits per heavy atom. The molecule has 1 aromatic heterocycles. The minimum atomic E-state index is -0.289. The summed E-state index contributed by atoms with van der Waals surface area (Å²) < 4.78 is 5.73. The summed E-state index contributed by atoms with van der Waals surface area (Å²) in [6.45, 7) is 7.98. The fourth-order valence-electron chi connectivity index (χ4n) is 1.86. The highest BCUT2D eigenvalue weighted by atomic mass is 16.3. The summed E-state index contributed by atoms with van der Waals surface area (Å²) in [6.07, 6.45) is 5.97. The lowest BCUT2D eigenvalue weighted by atomic mass is 10.1. The predicted octanol–water partition coefficient (Wildman–Crippen LogP) is 3.58. The van der Waals surface area contributed by atoms with Crippen LogP contribution in [0.15, 0.2) is 17.1 Å². The van der Waals surface area contributed by atoms with Crippen molar-refractivity contribution >= 4 is 6.08 Å². The highest BCUT2D eigenvalue weighted by Gasteiger charge is 2.11. The SMILES string of the molecule is C=Cc1cc(CC(O)CCC)oc1CCC. The van der Waals surface area contributed by atoms with Crippen molar-refractivity contribution in [2.45, 2.75) is 52.1 Å². The van der Waals surface area contributed by atoms with Gasteiger partial charge in [0.15, 0.2) is 0 Å². The fraction of sp³-hybridized carbons (Fsp3) is 0.571. The monoisotopic (exact) mass is 222 g/mol. The summed E-state index contributed by atoms with van der Waals surface area (Å²) >= 11 is 0. The average Bonchev–Trinajstić information content (AvgIpc) is 2.61. The average molecular weight is 222 g/mol. The van der Waals surface area contributed by atoms with Gasteiger partial charge in [-0.3, -0.25) is 0 Å². The van der Waals surface area contributed by atoms with Gasteiger partial charge >= 0.3 is 0 Å². The molecule has 0 aliphatic rings. The van der Waals surface area contributed by atoms with E-state index in [9.17, 15) is 5.11 Å². The molecule has 0 spiro atoms. The van der Waals surface area contributed by atoms with E-state index in [2.05, 4.69) is 20.4 Å². The highest BCUT2D eigenvalue weighted by Crippen LogP contribution is 2.20. The van der Waals surface area contributed by atoms with Crippen molar-refractivity contribution in [1.82, 2.24) is 0 Å². The van der Waals surface area contributed by atoms with Crippen molar-refractivity contribution < 1.29 is 9.52 Å². The Morgan fingerprint density at radius 3 is 2.75 bits per heavy atom. The first-order valence-electron chi connectivity index (χ1n) is 6.13. The second-order valence-corrected chi connectivity index (χ2v) is 4.19. The van der Waals surface area contributed by atoms with Crippen LogP contribution in [0.1, 0.15) is 50.2 Å². The van der Waals surface area contributed by atoms with Gasteiger partial charge in [0.1, 0.15) is 11.5 Å². The molecule has 90 valence electrons. The van der Waals surface area contributed by atoms with Crippen LogP contribution in [0.25, 0.3) is 6.08 Å². The molecule has 0 radical (unpaired) electrons. The van der Waals surface area contributed by atoms with Gasteiger partial charge in [-0.15, -0.1) is 0 Å². The fourth-order valence-corrected chi connectivity index (χ4v) is 1.86. The van der Waals surface area contributed by atoms with Gasteiger partial charge in [0.2, 0.25) is 0 Å². The third-order valence-corrected chi connectivity index (χ3v) is 2.65. The molecule has 1 unspecified atom stereocenters. The maximum absolute atomic E-state index is 9.72. The van der Waals surface area contributed by atoms with Gasteiger partial charge in [0.25, 0.3) is 0 Å². The Labute approximate surface area is 98.0 Å². The lowest BCUT2D eigenvalue weighted by molar-refractivity contribution is 0.156. The Bertz CT molecular complexity index is 325. The van der Waals surface area contributed by atoms with Crippen LogP contribution in [-0.2, 0) is 12.8 Å². The number of hydrogen-bond acceptors (Lipinski definition) is 2. The highest BCUT2D eigenvalue weighted by molar-refractivity contribution is 5.50. The molecule has 0 fully saturated rings. The molecule has 1 aromatic rings. The van der Waals surface area contributed by atoms with Gasteiger partial charge in [0.05, 0.1) is 6.10 Å². The maximum Gasteiger partial charge on any atom is 0.111 e. The molecule has 0 bridgehead atoms. The Kier molecular flexibility index (Phi) is 5.33.